The SMILES string of the molecule is CN(C)CCc1ccc(C(=O)N2CCN(CC(=O)O)C(=O)[C@]2(CCC(=O)O)C(=O)CN)cc1. The van der Waals surface area contributed by atoms with E-state index in [0.717, 1.165) is 28.3 Å². The number of carboxylic acid groups (broad SMARTS) is 2. The van der Waals surface area contributed by atoms with Crippen LogP contribution in [0.2, 0.25) is 0 Å². The van der Waals surface area contributed by atoms with Gasteiger partial charge in [0, 0.05) is 31.6 Å². The third-order valence-corrected chi connectivity index (χ3v) is 5.66. The number of aliphatic carboxylic acids is 2. The monoisotopic (exact) mass is 462 g/mol. The molecule has 1 aromatic carbocycles. The lowest BCUT2D eigenvalue weighted by molar-refractivity contribution is -0.161. The second-order valence-electron chi connectivity index (χ2n) is 8.21. The number of hydrogen-bond donors (Lipinski definition) is 3. The van der Waals surface area contributed by atoms with Crippen molar-refractivity contribution in [2.45, 2.75) is 24.8 Å². The number of benzene rings is 1. The third kappa shape index (κ3) is 5.93. The maximum Gasteiger partial charge on any atom is 0.323 e. The van der Waals surface area contributed by atoms with Crippen LogP contribution in [0.3, 0.4) is 0 Å². The molecular weight excluding hydrogens is 432 g/mol. The standard InChI is InChI=1S/C22H30N4O7/c1-24(2)10-8-15-3-5-16(6-4-15)20(32)26-12-11-25(14-19(30)31)21(33)22(26,17(27)13-23)9-7-18(28)29/h3-6H,7-14,23H2,1-2H3,(H,28,29)(H,30,31)/t22-/m0/s1. The average molecular weight is 463 g/mol. The van der Waals surface area contributed by atoms with E-state index in [-0.39, 0.29) is 18.7 Å². The van der Waals surface area contributed by atoms with Crippen LogP contribution in [0.25, 0.3) is 0 Å². The molecule has 0 saturated carbocycles. The molecule has 11 heteroatoms. The molecule has 1 aromatic rings. The molecule has 0 aromatic heterocycles. The highest BCUT2D eigenvalue weighted by Crippen LogP contribution is 2.31. The zero-order valence-electron chi connectivity index (χ0n) is 18.8. The van der Waals surface area contributed by atoms with Gasteiger partial charge in [-0.2, -0.15) is 0 Å². The van der Waals surface area contributed by atoms with Gasteiger partial charge >= 0.3 is 11.9 Å². The first-order valence-electron chi connectivity index (χ1n) is 10.5. The molecule has 0 bridgehead atoms. The van der Waals surface area contributed by atoms with Crippen molar-refractivity contribution in [3.05, 3.63) is 35.4 Å². The minimum Gasteiger partial charge on any atom is -0.481 e. The molecule has 1 heterocycles. The smallest absolute Gasteiger partial charge is 0.323 e. The van der Waals surface area contributed by atoms with E-state index in [2.05, 4.69) is 0 Å². The number of hydrogen-bond acceptors (Lipinski definition) is 7. The summed E-state index contributed by atoms with van der Waals surface area (Å²) in [5.41, 5.74) is 4.60. The van der Waals surface area contributed by atoms with Crippen molar-refractivity contribution in [2.75, 3.05) is 46.8 Å². The fraction of sp³-hybridized carbons (Fsp3) is 0.500. The summed E-state index contributed by atoms with van der Waals surface area (Å²) in [6.07, 6.45) is -0.312. The second kappa shape index (κ2) is 11.0. The van der Waals surface area contributed by atoms with E-state index < -0.39 is 61.0 Å². The average Bonchev–Trinajstić information content (AvgIpc) is 2.77. The molecule has 180 valence electrons. The fourth-order valence-corrected chi connectivity index (χ4v) is 3.91. The molecule has 33 heavy (non-hydrogen) atoms. The van der Waals surface area contributed by atoms with Crippen molar-refractivity contribution in [2.24, 2.45) is 5.73 Å². The Morgan fingerprint density at radius 1 is 1.06 bits per heavy atom. The van der Waals surface area contributed by atoms with Gasteiger partial charge in [0.15, 0.2) is 11.3 Å². The summed E-state index contributed by atoms with van der Waals surface area (Å²) in [6, 6.07) is 6.75. The van der Waals surface area contributed by atoms with Crippen molar-refractivity contribution in [3.63, 3.8) is 0 Å². The summed E-state index contributed by atoms with van der Waals surface area (Å²) in [4.78, 5) is 66.3. The molecular formula is C22H30N4O7. The Hall–Kier alpha value is -3.31. The zero-order valence-corrected chi connectivity index (χ0v) is 18.8. The molecule has 0 spiro atoms. The molecule has 1 saturated heterocycles. The van der Waals surface area contributed by atoms with E-state index in [0.29, 0.717) is 0 Å². The molecule has 2 rings (SSSR count). The summed E-state index contributed by atoms with van der Waals surface area (Å²) in [7, 11) is 3.90. The highest BCUT2D eigenvalue weighted by atomic mass is 16.4. The maximum atomic E-state index is 13.4. The maximum absolute atomic E-state index is 13.4. The van der Waals surface area contributed by atoms with E-state index in [1.807, 2.05) is 19.0 Å². The van der Waals surface area contributed by atoms with Crippen LogP contribution in [0.15, 0.2) is 24.3 Å². The number of nitrogens with zero attached hydrogens (tertiary/aromatic N) is 3. The fourth-order valence-electron chi connectivity index (χ4n) is 3.91. The Kier molecular flexibility index (Phi) is 8.66. The third-order valence-electron chi connectivity index (χ3n) is 5.66. The Balaban J connectivity index is 2.45. The number of nitrogens with two attached hydrogens (primary N) is 1. The summed E-state index contributed by atoms with van der Waals surface area (Å²) in [5.74, 6) is -4.93. The minimum absolute atomic E-state index is 0.107. The number of rotatable bonds is 11. The Bertz CT molecular complexity index is 916. The summed E-state index contributed by atoms with van der Waals surface area (Å²) >= 11 is 0. The van der Waals surface area contributed by atoms with Crippen molar-refractivity contribution in [1.29, 1.82) is 0 Å². The van der Waals surface area contributed by atoms with Crippen LogP contribution in [-0.2, 0) is 25.6 Å². The van der Waals surface area contributed by atoms with Crippen LogP contribution in [0.1, 0.15) is 28.8 Å². The van der Waals surface area contributed by atoms with Crippen molar-refractivity contribution >= 4 is 29.5 Å². The van der Waals surface area contributed by atoms with Gasteiger partial charge in [-0.1, -0.05) is 12.1 Å². The zero-order chi connectivity index (χ0) is 24.8. The van der Waals surface area contributed by atoms with E-state index in [1.54, 1.807) is 24.3 Å². The van der Waals surface area contributed by atoms with Gasteiger partial charge in [0.1, 0.15) is 6.54 Å². The number of carboxylic acids is 2. The number of ketones is 1. The lowest BCUT2D eigenvalue weighted by Crippen LogP contribution is -2.72. The molecule has 0 radical (unpaired) electrons. The van der Waals surface area contributed by atoms with Crippen LogP contribution < -0.4 is 5.73 Å². The normalized spacial score (nSPS) is 18.5. The predicted octanol–water partition coefficient (Wildman–Crippen LogP) is -0.709. The summed E-state index contributed by atoms with van der Waals surface area (Å²) < 4.78 is 0. The molecule has 1 aliphatic heterocycles. The van der Waals surface area contributed by atoms with Gasteiger partial charge in [-0.25, -0.2) is 0 Å². The number of Topliss-reactive ketones (excluding diaryl/α,β-unsaturated/α-hetero) is 1. The number of carbonyl (C=O) groups is 5. The van der Waals surface area contributed by atoms with Crippen LogP contribution in [0.4, 0.5) is 0 Å². The minimum atomic E-state index is -2.18. The Labute approximate surface area is 191 Å². The summed E-state index contributed by atoms with van der Waals surface area (Å²) in [6.45, 7) is -0.708. The van der Waals surface area contributed by atoms with Gasteiger partial charge in [0.25, 0.3) is 11.8 Å². The quantitative estimate of drug-likeness (QED) is 0.361. The van der Waals surface area contributed by atoms with Gasteiger partial charge in [0.05, 0.1) is 6.54 Å². The molecule has 0 aliphatic carbocycles. The van der Waals surface area contributed by atoms with E-state index in [1.165, 1.54) is 0 Å². The van der Waals surface area contributed by atoms with Crippen molar-refractivity contribution < 1.29 is 34.2 Å². The number of likely N-dealkylation sites (N-methyl/N-ethyl adjacent to an activating group) is 1. The second-order valence-corrected chi connectivity index (χ2v) is 8.21. The predicted molar refractivity (Wildman–Crippen MR) is 118 cm³/mol. The first kappa shape index (κ1) is 25.9. The summed E-state index contributed by atoms with van der Waals surface area (Å²) in [5, 5.41) is 18.3. The molecule has 1 aliphatic rings. The molecule has 1 fully saturated rings. The van der Waals surface area contributed by atoms with E-state index in [9.17, 15) is 29.1 Å². The van der Waals surface area contributed by atoms with Gasteiger partial charge in [-0.05, 0) is 44.6 Å². The molecule has 0 unspecified atom stereocenters. The highest BCUT2D eigenvalue weighted by Gasteiger charge is 2.56. The van der Waals surface area contributed by atoms with Crippen LogP contribution in [-0.4, -0.2) is 107 Å². The first-order valence-corrected chi connectivity index (χ1v) is 10.5. The van der Waals surface area contributed by atoms with Crippen LogP contribution in [0.5, 0.6) is 0 Å². The van der Waals surface area contributed by atoms with Gasteiger partial charge in [-0.15, -0.1) is 0 Å². The van der Waals surface area contributed by atoms with E-state index >= 15 is 0 Å². The molecule has 11 nitrogen and oxygen atoms in total. The largest absolute Gasteiger partial charge is 0.481 e. The number of piperazine rings is 1. The highest BCUT2D eigenvalue weighted by molar-refractivity contribution is 6.16. The van der Waals surface area contributed by atoms with Crippen molar-refractivity contribution in [3.8, 4) is 0 Å². The molecule has 1 atom stereocenters. The molecule has 4 N–H and O–H groups in total. The first-order chi connectivity index (χ1) is 15.5. The van der Waals surface area contributed by atoms with Crippen molar-refractivity contribution in [1.82, 2.24) is 14.7 Å². The van der Waals surface area contributed by atoms with Crippen LogP contribution >= 0.6 is 0 Å². The lowest BCUT2D eigenvalue weighted by atomic mass is 9.82. The van der Waals surface area contributed by atoms with E-state index in [4.69, 9.17) is 10.8 Å². The Morgan fingerprint density at radius 2 is 1.70 bits per heavy atom. The number of carbonyl (C=O) groups excluding carboxylic acids is 3. The molecule has 2 amide bonds. The lowest BCUT2D eigenvalue weighted by Gasteiger charge is -2.48. The Morgan fingerprint density at radius 3 is 2.21 bits per heavy atom. The van der Waals surface area contributed by atoms with Crippen LogP contribution in [0, 0.1) is 0 Å². The van der Waals surface area contributed by atoms with Gasteiger partial charge in [0.2, 0.25) is 0 Å². The van der Waals surface area contributed by atoms with Gasteiger partial charge in [-0.3, -0.25) is 24.0 Å². The number of amides is 2. The van der Waals surface area contributed by atoms with Gasteiger partial charge < -0.3 is 30.6 Å². The topological polar surface area (TPSA) is 162 Å².